The topological polar surface area (TPSA) is 176 Å². The minimum absolute atomic E-state index is 0.112. The number of anilines is 1. The van der Waals surface area contributed by atoms with Gasteiger partial charge in [0.05, 0.1) is 23.8 Å². The third-order valence-corrected chi connectivity index (χ3v) is 5.87. The van der Waals surface area contributed by atoms with Crippen LogP contribution in [0.3, 0.4) is 0 Å². The molecule has 0 aromatic heterocycles. The molecule has 222 valence electrons. The van der Waals surface area contributed by atoms with Gasteiger partial charge in [0.1, 0.15) is 5.75 Å². The maximum atomic E-state index is 12.8. The standard InChI is InChI=1S/C31H24N4O9/c1-19(36)43-27-15-12-22(17-28(27)42-2)29(37)33-24-8-5-7-21(16-24)30(38)34-32-18-23-6-3-4-9-26(23)44-31(39)20-10-13-25(14-11-20)35(40)41/h3-18H,1-2H3,(H,33,37)(H,34,38). The van der Waals surface area contributed by atoms with Crippen LogP contribution in [0.1, 0.15) is 43.6 Å². The summed E-state index contributed by atoms with van der Waals surface area (Å²) in [6.07, 6.45) is 1.29. The van der Waals surface area contributed by atoms with Crippen molar-refractivity contribution < 1.29 is 38.3 Å². The largest absolute Gasteiger partial charge is 0.493 e. The van der Waals surface area contributed by atoms with Crippen LogP contribution in [0.15, 0.2) is 96.1 Å². The average Bonchev–Trinajstić information content (AvgIpc) is 3.01. The quantitative estimate of drug-likeness (QED) is 0.0859. The molecular formula is C31H24N4O9. The second-order valence-corrected chi connectivity index (χ2v) is 8.92. The number of para-hydroxylation sites is 1. The summed E-state index contributed by atoms with van der Waals surface area (Å²) in [4.78, 5) is 59.6. The normalized spacial score (nSPS) is 10.5. The van der Waals surface area contributed by atoms with Gasteiger partial charge in [-0.3, -0.25) is 24.5 Å². The fraction of sp³-hybridized carbons (Fsp3) is 0.0645. The molecule has 0 unspecified atom stereocenters. The molecule has 0 saturated carbocycles. The molecule has 0 saturated heterocycles. The fourth-order valence-corrected chi connectivity index (χ4v) is 3.77. The first-order valence-corrected chi connectivity index (χ1v) is 12.8. The van der Waals surface area contributed by atoms with Gasteiger partial charge in [-0.1, -0.05) is 18.2 Å². The SMILES string of the molecule is COc1cc(C(=O)Nc2cccc(C(=O)NN=Cc3ccccc3OC(=O)c3ccc([N+](=O)[O-])cc3)c2)ccc1OC(C)=O. The Balaban J connectivity index is 1.39. The molecule has 0 aliphatic heterocycles. The molecule has 4 aromatic rings. The molecule has 2 amide bonds. The number of amides is 2. The number of nitrogens with zero attached hydrogens (tertiary/aromatic N) is 2. The summed E-state index contributed by atoms with van der Waals surface area (Å²) in [5.74, 6) is -1.83. The molecule has 0 bridgehead atoms. The lowest BCUT2D eigenvalue weighted by Gasteiger charge is -2.11. The number of carbonyl (C=O) groups excluding carboxylic acids is 4. The molecule has 13 heteroatoms. The fourth-order valence-electron chi connectivity index (χ4n) is 3.77. The number of hydrogen-bond donors (Lipinski definition) is 2. The Morgan fingerprint density at radius 2 is 1.48 bits per heavy atom. The number of nitro groups is 1. The number of hydrogen-bond acceptors (Lipinski definition) is 10. The molecule has 4 aromatic carbocycles. The zero-order valence-corrected chi connectivity index (χ0v) is 23.3. The molecule has 13 nitrogen and oxygen atoms in total. The monoisotopic (exact) mass is 596 g/mol. The van der Waals surface area contributed by atoms with Crippen LogP contribution in [0.4, 0.5) is 11.4 Å². The van der Waals surface area contributed by atoms with Crippen LogP contribution in [-0.2, 0) is 4.79 Å². The maximum Gasteiger partial charge on any atom is 0.343 e. The van der Waals surface area contributed by atoms with E-state index in [-0.39, 0.29) is 39.6 Å². The smallest absolute Gasteiger partial charge is 0.343 e. The molecule has 4 rings (SSSR count). The number of ether oxygens (including phenoxy) is 3. The molecule has 0 fully saturated rings. The Bertz CT molecular complexity index is 1770. The first-order valence-electron chi connectivity index (χ1n) is 12.8. The summed E-state index contributed by atoms with van der Waals surface area (Å²) in [5, 5.41) is 17.5. The summed E-state index contributed by atoms with van der Waals surface area (Å²) >= 11 is 0. The highest BCUT2D eigenvalue weighted by molar-refractivity contribution is 6.05. The number of benzene rings is 4. The van der Waals surface area contributed by atoms with Crippen molar-refractivity contribution in [2.45, 2.75) is 6.92 Å². The van der Waals surface area contributed by atoms with Crippen LogP contribution >= 0.6 is 0 Å². The van der Waals surface area contributed by atoms with Crippen molar-refractivity contribution in [1.29, 1.82) is 0 Å². The van der Waals surface area contributed by atoms with E-state index in [1.165, 1.54) is 80.9 Å². The molecule has 0 atom stereocenters. The predicted octanol–water partition coefficient (Wildman–Crippen LogP) is 4.76. The van der Waals surface area contributed by atoms with Crippen LogP contribution in [0.25, 0.3) is 0 Å². The minimum atomic E-state index is -0.734. The Hall–Kier alpha value is -6.37. The number of rotatable bonds is 10. The predicted molar refractivity (Wildman–Crippen MR) is 158 cm³/mol. The van der Waals surface area contributed by atoms with Gasteiger partial charge in [0.25, 0.3) is 17.5 Å². The maximum absolute atomic E-state index is 12.8. The van der Waals surface area contributed by atoms with Crippen molar-refractivity contribution in [2.75, 3.05) is 12.4 Å². The van der Waals surface area contributed by atoms with Gasteiger partial charge >= 0.3 is 11.9 Å². The molecule has 0 aliphatic carbocycles. The molecule has 0 radical (unpaired) electrons. The van der Waals surface area contributed by atoms with E-state index in [1.54, 1.807) is 30.3 Å². The molecule has 2 N–H and O–H groups in total. The molecule has 0 heterocycles. The summed E-state index contributed by atoms with van der Waals surface area (Å²) < 4.78 is 15.7. The Labute approximate surface area is 250 Å². The van der Waals surface area contributed by atoms with Crippen molar-refractivity contribution in [3.8, 4) is 17.2 Å². The summed E-state index contributed by atoms with van der Waals surface area (Å²) in [6, 6.07) is 21.9. The highest BCUT2D eigenvalue weighted by Gasteiger charge is 2.15. The highest BCUT2D eigenvalue weighted by Crippen LogP contribution is 2.28. The van der Waals surface area contributed by atoms with Crippen LogP contribution in [0.2, 0.25) is 0 Å². The van der Waals surface area contributed by atoms with Crippen molar-refractivity contribution >= 4 is 41.3 Å². The number of nitro benzene ring substituents is 1. The van der Waals surface area contributed by atoms with E-state index in [4.69, 9.17) is 14.2 Å². The van der Waals surface area contributed by atoms with Crippen molar-refractivity contribution in [2.24, 2.45) is 5.10 Å². The van der Waals surface area contributed by atoms with Gasteiger partial charge in [0.2, 0.25) is 0 Å². The van der Waals surface area contributed by atoms with E-state index in [9.17, 15) is 29.3 Å². The Morgan fingerprint density at radius 3 is 2.18 bits per heavy atom. The van der Waals surface area contributed by atoms with E-state index in [0.717, 1.165) is 0 Å². The lowest BCUT2D eigenvalue weighted by Crippen LogP contribution is -2.18. The minimum Gasteiger partial charge on any atom is -0.493 e. The van der Waals surface area contributed by atoms with E-state index in [1.807, 2.05) is 0 Å². The average molecular weight is 597 g/mol. The Morgan fingerprint density at radius 1 is 0.773 bits per heavy atom. The third kappa shape index (κ3) is 7.88. The van der Waals surface area contributed by atoms with Gasteiger partial charge in [-0.25, -0.2) is 10.2 Å². The van der Waals surface area contributed by atoms with Gasteiger partial charge < -0.3 is 19.5 Å². The molecule has 0 aliphatic rings. The van der Waals surface area contributed by atoms with Crippen molar-refractivity contribution in [3.05, 3.63) is 123 Å². The van der Waals surface area contributed by atoms with E-state index < -0.39 is 28.7 Å². The number of non-ortho nitro benzene ring substituents is 1. The van der Waals surface area contributed by atoms with Crippen LogP contribution in [0, 0.1) is 10.1 Å². The molecule has 44 heavy (non-hydrogen) atoms. The molecule has 0 spiro atoms. The van der Waals surface area contributed by atoms with E-state index in [0.29, 0.717) is 11.3 Å². The van der Waals surface area contributed by atoms with Crippen molar-refractivity contribution in [1.82, 2.24) is 5.43 Å². The number of nitrogens with one attached hydrogen (secondary N) is 2. The zero-order chi connectivity index (χ0) is 31.6. The summed E-state index contributed by atoms with van der Waals surface area (Å²) in [7, 11) is 1.38. The van der Waals surface area contributed by atoms with Gasteiger partial charge in [-0.05, 0) is 60.7 Å². The van der Waals surface area contributed by atoms with Crippen LogP contribution < -0.4 is 25.0 Å². The number of methoxy groups -OCH3 is 1. The summed E-state index contributed by atoms with van der Waals surface area (Å²) in [6.45, 7) is 1.25. The highest BCUT2D eigenvalue weighted by atomic mass is 16.6. The van der Waals surface area contributed by atoms with Gasteiger partial charge in [0, 0.05) is 41.4 Å². The number of esters is 2. The van der Waals surface area contributed by atoms with Crippen LogP contribution in [-0.4, -0.2) is 42.0 Å². The van der Waals surface area contributed by atoms with Gasteiger partial charge in [-0.2, -0.15) is 5.10 Å². The number of hydrazone groups is 1. The van der Waals surface area contributed by atoms with Crippen molar-refractivity contribution in [3.63, 3.8) is 0 Å². The second-order valence-electron chi connectivity index (χ2n) is 8.92. The second kappa shape index (κ2) is 14.0. The number of carbonyl (C=O) groups is 4. The van der Waals surface area contributed by atoms with E-state index in [2.05, 4.69) is 15.8 Å². The van der Waals surface area contributed by atoms with E-state index >= 15 is 0 Å². The first kappa shape index (κ1) is 30.6. The summed E-state index contributed by atoms with van der Waals surface area (Å²) in [5.41, 5.74) is 3.46. The third-order valence-electron chi connectivity index (χ3n) is 5.87. The van der Waals surface area contributed by atoms with Crippen LogP contribution in [0.5, 0.6) is 17.2 Å². The zero-order valence-electron chi connectivity index (χ0n) is 23.3. The molecular weight excluding hydrogens is 572 g/mol. The first-order chi connectivity index (χ1) is 21.1. The lowest BCUT2D eigenvalue weighted by molar-refractivity contribution is -0.384. The van der Waals surface area contributed by atoms with Gasteiger partial charge in [-0.15, -0.1) is 0 Å². The lowest BCUT2D eigenvalue weighted by atomic mass is 10.1. The van der Waals surface area contributed by atoms with Gasteiger partial charge in [0.15, 0.2) is 11.5 Å². The Kier molecular flexibility index (Phi) is 9.73.